The second kappa shape index (κ2) is 7.44. The molecule has 27 heavy (non-hydrogen) atoms. The maximum absolute atomic E-state index is 6.33. The molecule has 0 radical (unpaired) electrons. The van der Waals surface area contributed by atoms with E-state index in [0.29, 0.717) is 36.7 Å². The largest absolute Gasteiger partial charge is 0.418 e. The minimum absolute atomic E-state index is 0.262. The van der Waals surface area contributed by atoms with Gasteiger partial charge in [0.15, 0.2) is 10.8 Å². The molecule has 0 amide bonds. The fourth-order valence-corrected chi connectivity index (χ4v) is 3.66. The smallest absolute Gasteiger partial charge is 0.299 e. The molecule has 0 unspecified atom stereocenters. The van der Waals surface area contributed by atoms with E-state index in [9.17, 15) is 0 Å². The van der Waals surface area contributed by atoms with Crippen LogP contribution in [0.4, 0.5) is 6.01 Å². The molecular weight excluding hydrogens is 368 g/mol. The summed E-state index contributed by atoms with van der Waals surface area (Å²) in [6.07, 6.45) is 3.87. The van der Waals surface area contributed by atoms with Crippen LogP contribution < -0.4 is 4.90 Å². The molecule has 0 aliphatic carbocycles. The maximum Gasteiger partial charge on any atom is 0.299 e. The Labute approximate surface area is 162 Å². The van der Waals surface area contributed by atoms with Crippen molar-refractivity contribution in [1.29, 1.82) is 0 Å². The lowest BCUT2D eigenvalue weighted by Gasteiger charge is -2.24. The first kappa shape index (κ1) is 18.2. The number of morpholine rings is 1. The van der Waals surface area contributed by atoms with E-state index in [1.54, 1.807) is 4.68 Å². The highest BCUT2D eigenvalue weighted by molar-refractivity contribution is 6.31. The molecule has 144 valence electrons. The van der Waals surface area contributed by atoms with Gasteiger partial charge in [-0.05, 0) is 12.8 Å². The molecule has 8 nitrogen and oxygen atoms in total. The number of fused-ring (bicyclic) bond motifs is 1. The third-order valence-electron chi connectivity index (χ3n) is 5.04. The Morgan fingerprint density at radius 2 is 1.93 bits per heavy atom. The second-order valence-electron chi connectivity index (χ2n) is 6.67. The molecule has 1 aliphatic heterocycles. The van der Waals surface area contributed by atoms with E-state index in [4.69, 9.17) is 20.8 Å². The topological polar surface area (TPSA) is 82.1 Å². The van der Waals surface area contributed by atoms with Crippen LogP contribution >= 0.6 is 11.6 Å². The molecule has 3 aromatic rings. The van der Waals surface area contributed by atoms with E-state index < -0.39 is 0 Å². The Hall–Kier alpha value is -2.19. The predicted molar refractivity (Wildman–Crippen MR) is 103 cm³/mol. The van der Waals surface area contributed by atoms with Crippen LogP contribution in [0.25, 0.3) is 22.6 Å². The first-order chi connectivity index (χ1) is 13.1. The minimum atomic E-state index is 0.262. The summed E-state index contributed by atoms with van der Waals surface area (Å²) in [5.41, 5.74) is 1.81. The van der Waals surface area contributed by atoms with Crippen LogP contribution in [0.15, 0.2) is 10.6 Å². The Morgan fingerprint density at radius 3 is 2.63 bits per heavy atom. The maximum atomic E-state index is 6.33. The van der Waals surface area contributed by atoms with Gasteiger partial charge in [0.25, 0.3) is 6.01 Å². The zero-order chi connectivity index (χ0) is 19.0. The summed E-state index contributed by atoms with van der Waals surface area (Å²) in [7, 11) is 1.89. The van der Waals surface area contributed by atoms with Gasteiger partial charge in [-0.2, -0.15) is 10.1 Å². The number of nitrogens with zero attached hydrogens (tertiary/aromatic N) is 6. The number of halogens is 1. The standard InChI is InChI=1S/C18H23ClN6O2/c1-4-11(5-2)13-12-10-20-16(22-17(12)24(3)23-13)14-15(19)21-18(27-14)25-6-8-26-9-7-25/h10-11H,4-9H2,1-3H3. The van der Waals surface area contributed by atoms with Gasteiger partial charge in [-0.15, -0.1) is 0 Å². The lowest BCUT2D eigenvalue weighted by Crippen LogP contribution is -2.36. The third kappa shape index (κ3) is 3.27. The molecule has 0 saturated carbocycles. The fourth-order valence-electron chi connectivity index (χ4n) is 3.47. The lowest BCUT2D eigenvalue weighted by molar-refractivity contribution is 0.120. The van der Waals surface area contributed by atoms with Crippen molar-refractivity contribution in [3.8, 4) is 11.6 Å². The molecule has 4 rings (SSSR count). The van der Waals surface area contributed by atoms with Crippen molar-refractivity contribution in [1.82, 2.24) is 24.7 Å². The first-order valence-corrected chi connectivity index (χ1v) is 9.69. The number of rotatable bonds is 5. The molecule has 1 aliphatic rings. The zero-order valence-electron chi connectivity index (χ0n) is 15.8. The highest BCUT2D eigenvalue weighted by atomic mass is 35.5. The highest BCUT2D eigenvalue weighted by Gasteiger charge is 2.24. The average Bonchev–Trinajstić information content (AvgIpc) is 3.24. The van der Waals surface area contributed by atoms with Gasteiger partial charge < -0.3 is 14.1 Å². The summed E-state index contributed by atoms with van der Waals surface area (Å²) in [5, 5.41) is 5.91. The molecule has 4 heterocycles. The Bertz CT molecular complexity index is 943. The van der Waals surface area contributed by atoms with E-state index >= 15 is 0 Å². The van der Waals surface area contributed by atoms with Crippen LogP contribution in [0.2, 0.25) is 5.15 Å². The molecular formula is C18H23ClN6O2. The van der Waals surface area contributed by atoms with E-state index in [-0.39, 0.29) is 5.15 Å². The molecule has 0 atom stereocenters. The van der Waals surface area contributed by atoms with Gasteiger partial charge in [0.2, 0.25) is 11.6 Å². The quantitative estimate of drug-likeness (QED) is 0.660. The lowest BCUT2D eigenvalue weighted by atomic mass is 9.98. The van der Waals surface area contributed by atoms with Crippen molar-refractivity contribution < 1.29 is 9.15 Å². The number of aromatic nitrogens is 5. The Kier molecular flexibility index (Phi) is 5.01. The van der Waals surface area contributed by atoms with Gasteiger partial charge >= 0.3 is 0 Å². The number of aryl methyl sites for hydroxylation is 1. The monoisotopic (exact) mass is 390 g/mol. The first-order valence-electron chi connectivity index (χ1n) is 9.31. The van der Waals surface area contributed by atoms with Crippen LogP contribution in [-0.4, -0.2) is 51.0 Å². The zero-order valence-corrected chi connectivity index (χ0v) is 16.5. The number of anilines is 1. The molecule has 1 fully saturated rings. The van der Waals surface area contributed by atoms with E-state index in [2.05, 4.69) is 33.9 Å². The van der Waals surface area contributed by atoms with E-state index in [1.165, 1.54) is 0 Å². The summed E-state index contributed by atoms with van der Waals surface area (Å²) in [6.45, 7) is 7.07. The van der Waals surface area contributed by atoms with E-state index in [0.717, 1.165) is 42.7 Å². The summed E-state index contributed by atoms with van der Waals surface area (Å²) < 4.78 is 13.1. The van der Waals surface area contributed by atoms with Gasteiger partial charge in [0, 0.05) is 32.3 Å². The Morgan fingerprint density at radius 1 is 1.19 bits per heavy atom. The summed E-state index contributed by atoms with van der Waals surface area (Å²) >= 11 is 6.33. The van der Waals surface area contributed by atoms with Crippen LogP contribution in [0.3, 0.4) is 0 Å². The second-order valence-corrected chi connectivity index (χ2v) is 7.03. The molecule has 0 N–H and O–H groups in total. The van der Waals surface area contributed by atoms with Crippen LogP contribution in [0.1, 0.15) is 38.3 Å². The summed E-state index contributed by atoms with van der Waals surface area (Å²) in [4.78, 5) is 15.5. The van der Waals surface area contributed by atoms with Gasteiger partial charge in [-0.25, -0.2) is 9.97 Å². The van der Waals surface area contributed by atoms with Gasteiger partial charge in [0.1, 0.15) is 0 Å². The molecule has 0 spiro atoms. The summed E-state index contributed by atoms with van der Waals surface area (Å²) in [6, 6.07) is 0.477. The van der Waals surface area contributed by atoms with Crippen molar-refractivity contribution in [2.45, 2.75) is 32.6 Å². The van der Waals surface area contributed by atoms with Crippen molar-refractivity contribution in [2.24, 2.45) is 7.05 Å². The van der Waals surface area contributed by atoms with Crippen molar-refractivity contribution in [3.05, 3.63) is 17.0 Å². The average molecular weight is 391 g/mol. The number of hydrogen-bond donors (Lipinski definition) is 0. The number of oxazole rings is 1. The fraction of sp³-hybridized carbons (Fsp3) is 0.556. The molecule has 0 bridgehead atoms. The molecule has 0 aromatic carbocycles. The summed E-state index contributed by atoms with van der Waals surface area (Å²) in [5.74, 6) is 1.19. The van der Waals surface area contributed by atoms with Gasteiger partial charge in [-0.1, -0.05) is 25.4 Å². The molecule has 1 saturated heterocycles. The Balaban J connectivity index is 1.72. The molecule has 3 aromatic heterocycles. The van der Waals surface area contributed by atoms with Crippen LogP contribution in [-0.2, 0) is 11.8 Å². The highest BCUT2D eigenvalue weighted by Crippen LogP contribution is 2.33. The number of ether oxygens (including phenoxy) is 1. The third-order valence-corrected chi connectivity index (χ3v) is 5.30. The predicted octanol–water partition coefficient (Wildman–Crippen LogP) is 3.41. The van der Waals surface area contributed by atoms with Crippen molar-refractivity contribution in [2.75, 3.05) is 31.2 Å². The van der Waals surface area contributed by atoms with Crippen molar-refractivity contribution in [3.63, 3.8) is 0 Å². The van der Waals surface area contributed by atoms with Gasteiger partial charge in [-0.3, -0.25) is 4.68 Å². The normalized spacial score (nSPS) is 15.2. The minimum Gasteiger partial charge on any atom is -0.418 e. The van der Waals surface area contributed by atoms with Crippen LogP contribution in [0.5, 0.6) is 0 Å². The van der Waals surface area contributed by atoms with Crippen molar-refractivity contribution >= 4 is 28.6 Å². The SMILES string of the molecule is CCC(CC)c1nn(C)c2nc(-c3oc(N4CCOCC4)nc3Cl)ncc12. The van der Waals surface area contributed by atoms with Gasteiger partial charge in [0.05, 0.1) is 24.3 Å². The number of hydrogen-bond acceptors (Lipinski definition) is 7. The van der Waals surface area contributed by atoms with E-state index in [1.807, 2.05) is 18.1 Å². The molecule has 9 heteroatoms. The van der Waals surface area contributed by atoms with Crippen LogP contribution in [0, 0.1) is 0 Å².